The molecule has 3 atom stereocenters. The van der Waals surface area contributed by atoms with Crippen LogP contribution in [0.4, 0.5) is 28.9 Å². The van der Waals surface area contributed by atoms with Crippen molar-refractivity contribution >= 4 is 27.6 Å². The normalized spacial score (nSPS) is 21.5. The molecule has 5 rings (SSSR count). The number of hydrogen-bond donors (Lipinski definition) is 1. The molecule has 1 fully saturated rings. The number of anilines is 2. The zero-order valence-electron chi connectivity index (χ0n) is 19.4. The van der Waals surface area contributed by atoms with E-state index in [1.165, 1.54) is 18.2 Å². The van der Waals surface area contributed by atoms with E-state index in [0.29, 0.717) is 17.1 Å². The van der Waals surface area contributed by atoms with Gasteiger partial charge in [-0.25, -0.2) is 4.39 Å². The Morgan fingerprint density at radius 3 is 2.45 bits per heavy atom. The van der Waals surface area contributed by atoms with Crippen molar-refractivity contribution in [3.8, 4) is 17.2 Å². The molecule has 3 aromatic carbocycles. The van der Waals surface area contributed by atoms with Gasteiger partial charge in [-0.1, -0.05) is 12.1 Å². The summed E-state index contributed by atoms with van der Waals surface area (Å²) in [5.74, 6) is -1.25. The minimum Gasteiger partial charge on any atom is -0.453 e. The molecule has 1 unspecified atom stereocenters. The summed E-state index contributed by atoms with van der Waals surface area (Å²) in [6.07, 6.45) is -5.03. The van der Waals surface area contributed by atoms with E-state index in [1.54, 1.807) is 29.2 Å². The van der Waals surface area contributed by atoms with Gasteiger partial charge in [0.15, 0.2) is 11.5 Å². The van der Waals surface area contributed by atoms with Gasteiger partial charge in [-0.2, -0.15) is 12.8 Å². The standard InChI is InChI=1S/C25H20F4N2O6S/c26-16-5-10-20-23(11-16)36-22-4-2-1-3-19(22)31(20)21-14-35-13-15(24(21)32)12-30-38(33,34)18-8-6-17(7-9-18)37-25(27,28)29/h1-12,15,21,24,32H,13-14H2/t15?,21-,24-/m0/s1. The Morgan fingerprint density at radius 2 is 1.71 bits per heavy atom. The summed E-state index contributed by atoms with van der Waals surface area (Å²) in [6, 6.07) is 13.9. The molecular weight excluding hydrogens is 532 g/mol. The minimum atomic E-state index is -4.91. The number of aliphatic hydroxyl groups is 1. The fourth-order valence-electron chi connectivity index (χ4n) is 4.32. The van der Waals surface area contributed by atoms with E-state index >= 15 is 0 Å². The maximum atomic E-state index is 13.9. The van der Waals surface area contributed by atoms with Crippen LogP contribution in [0.2, 0.25) is 0 Å². The molecule has 2 aliphatic heterocycles. The summed E-state index contributed by atoms with van der Waals surface area (Å²) in [5.41, 5.74) is 1.09. The van der Waals surface area contributed by atoms with Crippen molar-refractivity contribution in [1.82, 2.24) is 0 Å². The van der Waals surface area contributed by atoms with Crippen molar-refractivity contribution in [3.63, 3.8) is 0 Å². The van der Waals surface area contributed by atoms with Gasteiger partial charge in [0.1, 0.15) is 11.6 Å². The van der Waals surface area contributed by atoms with Gasteiger partial charge in [-0.05, 0) is 48.5 Å². The first-order valence-corrected chi connectivity index (χ1v) is 12.7. The first kappa shape index (κ1) is 25.9. The molecule has 8 nitrogen and oxygen atoms in total. The molecule has 13 heteroatoms. The molecule has 0 aromatic heterocycles. The quantitative estimate of drug-likeness (QED) is 0.359. The lowest BCUT2D eigenvalue weighted by atomic mass is 9.93. The average Bonchev–Trinajstić information content (AvgIpc) is 2.86. The molecule has 1 saturated heterocycles. The molecule has 0 aliphatic carbocycles. The molecule has 1 N–H and O–H groups in total. The molecule has 0 spiro atoms. The Hall–Kier alpha value is -3.68. The lowest BCUT2D eigenvalue weighted by Crippen LogP contribution is -2.53. The van der Waals surface area contributed by atoms with Crippen molar-refractivity contribution in [2.24, 2.45) is 10.3 Å². The topological polar surface area (TPSA) is 97.7 Å². The van der Waals surface area contributed by atoms with Gasteiger partial charge in [0.05, 0.1) is 41.6 Å². The molecular formula is C25H20F4N2O6S. The largest absolute Gasteiger partial charge is 0.573 e. The second-order valence-electron chi connectivity index (χ2n) is 8.56. The Labute approximate surface area is 214 Å². The molecule has 2 aliphatic rings. The second-order valence-corrected chi connectivity index (χ2v) is 10.2. The number of para-hydroxylation sites is 2. The van der Waals surface area contributed by atoms with Crippen molar-refractivity contribution in [2.45, 2.75) is 23.4 Å². The molecule has 0 bridgehead atoms. The van der Waals surface area contributed by atoms with Crippen LogP contribution in [0.1, 0.15) is 0 Å². The number of rotatable bonds is 5. The van der Waals surface area contributed by atoms with E-state index in [2.05, 4.69) is 9.13 Å². The molecule has 0 amide bonds. The maximum Gasteiger partial charge on any atom is 0.573 e. The third-order valence-electron chi connectivity index (χ3n) is 6.04. The van der Waals surface area contributed by atoms with Crippen LogP contribution in [0.15, 0.2) is 76.0 Å². The highest BCUT2D eigenvalue weighted by Gasteiger charge is 2.40. The summed E-state index contributed by atoms with van der Waals surface area (Å²) in [7, 11) is -4.30. The Balaban J connectivity index is 1.39. The number of hydrogen-bond acceptors (Lipinski definition) is 7. The van der Waals surface area contributed by atoms with Crippen LogP contribution in [-0.4, -0.2) is 51.5 Å². The number of fused-ring (bicyclic) bond motifs is 2. The highest BCUT2D eigenvalue weighted by molar-refractivity contribution is 7.90. The van der Waals surface area contributed by atoms with Crippen molar-refractivity contribution in [1.29, 1.82) is 0 Å². The van der Waals surface area contributed by atoms with Crippen LogP contribution in [0, 0.1) is 11.7 Å². The number of sulfonamides is 1. The molecule has 38 heavy (non-hydrogen) atoms. The Morgan fingerprint density at radius 1 is 1.00 bits per heavy atom. The van der Waals surface area contributed by atoms with Crippen LogP contribution in [-0.2, 0) is 14.8 Å². The number of benzene rings is 3. The Kier molecular flexibility index (Phi) is 6.75. The van der Waals surface area contributed by atoms with Gasteiger partial charge in [0, 0.05) is 18.2 Å². The third-order valence-corrected chi connectivity index (χ3v) is 7.30. The van der Waals surface area contributed by atoms with E-state index in [4.69, 9.17) is 9.47 Å². The average molecular weight is 553 g/mol. The maximum absolute atomic E-state index is 13.9. The van der Waals surface area contributed by atoms with E-state index < -0.39 is 46.0 Å². The van der Waals surface area contributed by atoms with Gasteiger partial charge in [0.25, 0.3) is 10.0 Å². The summed E-state index contributed by atoms with van der Waals surface area (Å²) < 4.78 is 95.3. The lowest BCUT2D eigenvalue weighted by molar-refractivity contribution is -0.274. The first-order chi connectivity index (χ1) is 18.0. The van der Waals surface area contributed by atoms with E-state index in [0.717, 1.165) is 30.5 Å². The predicted molar refractivity (Wildman–Crippen MR) is 128 cm³/mol. The van der Waals surface area contributed by atoms with Crippen LogP contribution in [0.5, 0.6) is 17.2 Å². The van der Waals surface area contributed by atoms with E-state index in [1.807, 2.05) is 0 Å². The molecule has 2 heterocycles. The van der Waals surface area contributed by atoms with Gasteiger partial charge in [-0.15, -0.1) is 13.2 Å². The monoisotopic (exact) mass is 552 g/mol. The third kappa shape index (κ3) is 5.30. The molecule has 0 saturated carbocycles. The fourth-order valence-corrected chi connectivity index (χ4v) is 5.23. The highest BCUT2D eigenvalue weighted by atomic mass is 32.2. The molecule has 0 radical (unpaired) electrons. The van der Waals surface area contributed by atoms with Gasteiger partial charge >= 0.3 is 6.36 Å². The number of ether oxygens (including phenoxy) is 3. The lowest BCUT2D eigenvalue weighted by Gasteiger charge is -2.43. The Bertz CT molecular complexity index is 1460. The number of halogens is 4. The van der Waals surface area contributed by atoms with Crippen LogP contribution >= 0.6 is 0 Å². The number of alkyl halides is 3. The summed E-state index contributed by atoms with van der Waals surface area (Å²) in [5, 5.41) is 11.3. The number of aliphatic hydroxyl groups excluding tert-OH is 1. The summed E-state index contributed by atoms with van der Waals surface area (Å²) in [6.45, 7) is 0.0430. The highest BCUT2D eigenvalue weighted by Crippen LogP contribution is 2.48. The van der Waals surface area contributed by atoms with Crippen LogP contribution < -0.4 is 14.4 Å². The smallest absolute Gasteiger partial charge is 0.453 e. The first-order valence-electron chi connectivity index (χ1n) is 11.3. The predicted octanol–water partition coefficient (Wildman–Crippen LogP) is 4.80. The SMILES string of the molecule is O=S(=O)(N=CC1COC[C@H](N2c3ccccc3Oc3cc(F)ccc32)[C@H]1O)c1ccc(OC(F)(F)F)cc1. The van der Waals surface area contributed by atoms with Gasteiger partial charge in [0.2, 0.25) is 0 Å². The van der Waals surface area contributed by atoms with E-state index in [9.17, 15) is 31.1 Å². The van der Waals surface area contributed by atoms with Crippen LogP contribution in [0.25, 0.3) is 0 Å². The molecule has 3 aromatic rings. The van der Waals surface area contributed by atoms with Gasteiger partial charge in [-0.3, -0.25) is 0 Å². The summed E-state index contributed by atoms with van der Waals surface area (Å²) >= 11 is 0. The van der Waals surface area contributed by atoms with Gasteiger partial charge < -0.3 is 24.2 Å². The zero-order valence-corrected chi connectivity index (χ0v) is 20.2. The van der Waals surface area contributed by atoms with Crippen molar-refractivity contribution < 1.29 is 45.3 Å². The number of nitrogens with zero attached hydrogens (tertiary/aromatic N) is 2. The zero-order chi connectivity index (χ0) is 27.1. The summed E-state index contributed by atoms with van der Waals surface area (Å²) in [4.78, 5) is 1.40. The van der Waals surface area contributed by atoms with Crippen molar-refractivity contribution in [2.75, 3.05) is 18.1 Å². The minimum absolute atomic E-state index is 0.0304. The van der Waals surface area contributed by atoms with Crippen molar-refractivity contribution in [3.05, 3.63) is 72.5 Å². The second kappa shape index (κ2) is 9.89. The van der Waals surface area contributed by atoms with Crippen LogP contribution in [0.3, 0.4) is 0 Å². The molecule has 200 valence electrons. The van der Waals surface area contributed by atoms with E-state index in [-0.39, 0.29) is 23.9 Å². The fraction of sp³-hybridized carbons (Fsp3) is 0.240.